The Morgan fingerprint density at radius 1 is 1.09 bits per heavy atom. The molecule has 9 heteroatoms. The van der Waals surface area contributed by atoms with E-state index in [-0.39, 0.29) is 24.0 Å². The van der Waals surface area contributed by atoms with E-state index < -0.39 is 0 Å². The molecule has 0 aliphatic carbocycles. The lowest BCUT2D eigenvalue weighted by molar-refractivity contribution is 0.195. The van der Waals surface area contributed by atoms with E-state index in [4.69, 9.17) is 9.47 Å². The van der Waals surface area contributed by atoms with Gasteiger partial charge in [0.15, 0.2) is 11.8 Å². The van der Waals surface area contributed by atoms with Gasteiger partial charge < -0.3 is 24.7 Å². The summed E-state index contributed by atoms with van der Waals surface area (Å²) in [6, 6.07) is 0. The van der Waals surface area contributed by atoms with E-state index >= 15 is 0 Å². The first-order valence-corrected chi connectivity index (χ1v) is 7.54. The predicted molar refractivity (Wildman–Crippen MR) is 101 cm³/mol. The average Bonchev–Trinajstić information content (AvgIpc) is 2.84. The van der Waals surface area contributed by atoms with E-state index in [0.29, 0.717) is 6.54 Å². The maximum Gasteiger partial charge on any atom is 0.191 e. The third-order valence-corrected chi connectivity index (χ3v) is 3.20. The summed E-state index contributed by atoms with van der Waals surface area (Å²) in [7, 11) is 5.35. The van der Waals surface area contributed by atoms with Crippen LogP contribution in [0.1, 0.15) is 24.5 Å². The molecule has 0 aliphatic heterocycles. The molecule has 1 rings (SSSR count). The molecule has 0 saturated heterocycles. The van der Waals surface area contributed by atoms with Gasteiger partial charge in [0, 0.05) is 47.6 Å². The summed E-state index contributed by atoms with van der Waals surface area (Å²) >= 11 is 0. The van der Waals surface area contributed by atoms with E-state index in [9.17, 15) is 0 Å². The lowest BCUT2D eigenvalue weighted by Gasteiger charge is -2.12. The number of hydrogen-bond donors (Lipinski definition) is 2. The molecule has 1 aromatic rings. The van der Waals surface area contributed by atoms with E-state index in [1.54, 1.807) is 14.2 Å². The van der Waals surface area contributed by atoms with Crippen LogP contribution in [0.3, 0.4) is 0 Å². The second-order valence-electron chi connectivity index (χ2n) is 4.93. The molecular weight excluding hydrogens is 411 g/mol. The van der Waals surface area contributed by atoms with Crippen molar-refractivity contribution in [1.82, 2.24) is 25.4 Å². The Kier molecular flexibility index (Phi) is 12.9. The molecule has 0 saturated carbocycles. The smallest absolute Gasteiger partial charge is 0.191 e. The molecule has 0 aliphatic rings. The van der Waals surface area contributed by atoms with Crippen LogP contribution in [0.5, 0.6) is 0 Å². The number of hydrogen-bond acceptors (Lipinski definition) is 5. The minimum Gasteiger partial charge on any atom is -0.385 e. The van der Waals surface area contributed by atoms with Crippen molar-refractivity contribution in [1.29, 1.82) is 0 Å². The van der Waals surface area contributed by atoms with Crippen LogP contribution in [0, 0.1) is 6.92 Å². The van der Waals surface area contributed by atoms with Gasteiger partial charge in [0.1, 0.15) is 12.4 Å². The van der Waals surface area contributed by atoms with Gasteiger partial charge in [-0.15, -0.1) is 34.2 Å². The van der Waals surface area contributed by atoms with Crippen LogP contribution in [-0.4, -0.2) is 61.2 Å². The zero-order chi connectivity index (χ0) is 16.2. The molecule has 0 radical (unpaired) electrons. The molecule has 0 bridgehead atoms. The largest absolute Gasteiger partial charge is 0.385 e. The van der Waals surface area contributed by atoms with E-state index in [2.05, 4.69) is 25.8 Å². The number of ether oxygens (including phenoxy) is 2. The summed E-state index contributed by atoms with van der Waals surface area (Å²) in [6.45, 7) is 5.48. The molecule has 8 nitrogen and oxygen atoms in total. The minimum absolute atomic E-state index is 0. The highest BCUT2D eigenvalue weighted by Crippen LogP contribution is 1.99. The lowest BCUT2D eigenvalue weighted by atomic mass is 10.4. The van der Waals surface area contributed by atoms with Gasteiger partial charge in [0.05, 0.1) is 0 Å². The van der Waals surface area contributed by atoms with Gasteiger partial charge in [-0.3, -0.25) is 0 Å². The Bertz CT molecular complexity index is 438. The van der Waals surface area contributed by atoms with Crippen LogP contribution in [0.15, 0.2) is 4.99 Å². The number of rotatable bonds is 10. The Balaban J connectivity index is 0.00000484. The van der Waals surface area contributed by atoms with E-state index in [1.165, 1.54) is 0 Å². The number of nitrogens with one attached hydrogen (secondary N) is 2. The fourth-order valence-corrected chi connectivity index (χ4v) is 1.76. The summed E-state index contributed by atoms with van der Waals surface area (Å²) in [5, 5.41) is 14.7. The Morgan fingerprint density at radius 3 is 2.09 bits per heavy atom. The number of methoxy groups -OCH3 is 2. The second-order valence-corrected chi connectivity index (χ2v) is 4.93. The van der Waals surface area contributed by atoms with Crippen molar-refractivity contribution in [2.45, 2.75) is 26.3 Å². The van der Waals surface area contributed by atoms with Crippen LogP contribution in [0.2, 0.25) is 0 Å². The number of aromatic nitrogens is 3. The zero-order valence-electron chi connectivity index (χ0n) is 14.5. The molecular formula is C14H29IN6O2. The van der Waals surface area contributed by atoms with Gasteiger partial charge in [0.25, 0.3) is 0 Å². The first kappa shape index (κ1) is 22.1. The molecule has 0 spiro atoms. The maximum atomic E-state index is 5.05. The van der Waals surface area contributed by atoms with Crippen LogP contribution in [0.4, 0.5) is 0 Å². The maximum absolute atomic E-state index is 5.05. The van der Waals surface area contributed by atoms with Crippen molar-refractivity contribution in [3.8, 4) is 0 Å². The Hall–Kier alpha value is -0.940. The SMILES string of the molecule is COCCCNC(=NCc1nnc(C)n1C)NCCCOC.I. The second kappa shape index (κ2) is 13.5. The predicted octanol–water partition coefficient (Wildman–Crippen LogP) is 0.850. The molecule has 134 valence electrons. The van der Waals surface area contributed by atoms with Gasteiger partial charge in [-0.2, -0.15) is 0 Å². The topological polar surface area (TPSA) is 85.6 Å². The number of aliphatic imine (C=N–C) groups is 1. The van der Waals surface area contributed by atoms with Crippen molar-refractivity contribution in [3.63, 3.8) is 0 Å². The molecule has 0 unspecified atom stereocenters. The first-order chi connectivity index (χ1) is 10.7. The van der Waals surface area contributed by atoms with Crippen molar-refractivity contribution in [2.24, 2.45) is 12.0 Å². The van der Waals surface area contributed by atoms with Gasteiger partial charge >= 0.3 is 0 Å². The van der Waals surface area contributed by atoms with Crippen molar-refractivity contribution < 1.29 is 9.47 Å². The monoisotopic (exact) mass is 440 g/mol. The molecule has 2 N–H and O–H groups in total. The standard InChI is InChI=1S/C14H28N6O2.HI/c1-12-18-19-13(20(12)2)11-17-14(15-7-5-9-21-3)16-8-6-10-22-4;/h5-11H2,1-4H3,(H2,15,16,17);1H. The molecule has 23 heavy (non-hydrogen) atoms. The van der Waals surface area contributed by atoms with Crippen LogP contribution >= 0.6 is 24.0 Å². The molecule has 1 heterocycles. The minimum atomic E-state index is 0. The van der Waals surface area contributed by atoms with E-state index in [1.807, 2.05) is 18.5 Å². The number of aryl methyl sites for hydroxylation is 1. The first-order valence-electron chi connectivity index (χ1n) is 7.54. The van der Waals surface area contributed by atoms with Crippen LogP contribution in [0.25, 0.3) is 0 Å². The highest BCUT2D eigenvalue weighted by Gasteiger charge is 2.05. The number of guanidine groups is 1. The zero-order valence-corrected chi connectivity index (χ0v) is 16.8. The average molecular weight is 440 g/mol. The summed E-state index contributed by atoms with van der Waals surface area (Å²) in [5.41, 5.74) is 0. The van der Waals surface area contributed by atoms with Gasteiger partial charge in [0.2, 0.25) is 0 Å². The molecule has 0 aromatic carbocycles. The van der Waals surface area contributed by atoms with Crippen molar-refractivity contribution >= 4 is 29.9 Å². The summed E-state index contributed by atoms with van der Waals surface area (Å²) in [4.78, 5) is 4.55. The van der Waals surface area contributed by atoms with Crippen LogP contribution in [-0.2, 0) is 23.1 Å². The Labute approximate surface area is 155 Å². The molecule has 1 aromatic heterocycles. The summed E-state index contributed by atoms with van der Waals surface area (Å²) in [6.07, 6.45) is 1.86. The van der Waals surface area contributed by atoms with Crippen LogP contribution < -0.4 is 10.6 Å². The normalized spacial score (nSPS) is 10.1. The van der Waals surface area contributed by atoms with Gasteiger partial charge in [-0.05, 0) is 19.8 Å². The quantitative estimate of drug-likeness (QED) is 0.243. The molecule has 0 amide bonds. The number of halogens is 1. The number of nitrogens with zero attached hydrogens (tertiary/aromatic N) is 4. The highest BCUT2D eigenvalue weighted by molar-refractivity contribution is 14.0. The highest BCUT2D eigenvalue weighted by atomic mass is 127. The van der Waals surface area contributed by atoms with Gasteiger partial charge in [-0.25, -0.2) is 4.99 Å². The molecule has 0 atom stereocenters. The fraction of sp³-hybridized carbons (Fsp3) is 0.786. The van der Waals surface area contributed by atoms with Crippen molar-refractivity contribution in [2.75, 3.05) is 40.5 Å². The van der Waals surface area contributed by atoms with Gasteiger partial charge in [-0.1, -0.05) is 0 Å². The third-order valence-electron chi connectivity index (χ3n) is 3.20. The third kappa shape index (κ3) is 9.06. The lowest BCUT2D eigenvalue weighted by Crippen LogP contribution is -2.39. The summed E-state index contributed by atoms with van der Waals surface area (Å²) < 4.78 is 12.0. The fourth-order valence-electron chi connectivity index (χ4n) is 1.76. The summed E-state index contributed by atoms with van der Waals surface area (Å²) in [5.74, 6) is 2.49. The van der Waals surface area contributed by atoms with E-state index in [0.717, 1.165) is 56.8 Å². The Morgan fingerprint density at radius 2 is 1.65 bits per heavy atom. The molecule has 0 fully saturated rings. The van der Waals surface area contributed by atoms with Crippen molar-refractivity contribution in [3.05, 3.63) is 11.6 Å².